The molecular formula is C13H18N2O4. The monoisotopic (exact) mass is 266 g/mol. The second-order valence-electron chi connectivity index (χ2n) is 4.53. The topological polar surface area (TPSA) is 84.3 Å². The first-order valence-electron chi connectivity index (χ1n) is 6.44. The van der Waals surface area contributed by atoms with Gasteiger partial charge in [0.25, 0.3) is 5.56 Å². The highest BCUT2D eigenvalue weighted by Gasteiger charge is 2.26. The van der Waals surface area contributed by atoms with E-state index >= 15 is 0 Å². The van der Waals surface area contributed by atoms with Crippen LogP contribution in [0.25, 0.3) is 6.08 Å². The molecule has 0 spiro atoms. The van der Waals surface area contributed by atoms with Gasteiger partial charge in [-0.3, -0.25) is 14.3 Å². The molecule has 1 aromatic heterocycles. The third kappa shape index (κ3) is 3.02. The molecule has 1 saturated heterocycles. The number of nitrogens with one attached hydrogen (secondary N) is 1. The predicted molar refractivity (Wildman–Crippen MR) is 70.9 cm³/mol. The SMILES string of the molecule is CCC1CCC(n2cc(/C=C/CO)c(=O)[nH]c2=O)O1. The molecule has 0 aliphatic carbocycles. The Bertz CT molecular complexity index is 573. The Balaban J connectivity index is 2.33. The van der Waals surface area contributed by atoms with Crippen molar-refractivity contribution in [3.63, 3.8) is 0 Å². The van der Waals surface area contributed by atoms with E-state index in [2.05, 4.69) is 4.98 Å². The Morgan fingerprint density at radius 2 is 2.32 bits per heavy atom. The number of nitrogens with zero attached hydrogens (tertiary/aromatic N) is 1. The molecule has 1 aliphatic heterocycles. The summed E-state index contributed by atoms with van der Waals surface area (Å²) in [4.78, 5) is 25.7. The van der Waals surface area contributed by atoms with E-state index in [-0.39, 0.29) is 18.9 Å². The van der Waals surface area contributed by atoms with Crippen LogP contribution in [-0.2, 0) is 4.74 Å². The van der Waals surface area contributed by atoms with Crippen LogP contribution in [0.5, 0.6) is 0 Å². The molecule has 104 valence electrons. The van der Waals surface area contributed by atoms with Gasteiger partial charge in [0, 0.05) is 6.20 Å². The summed E-state index contributed by atoms with van der Waals surface area (Å²) in [5.74, 6) is 0. The molecule has 0 bridgehead atoms. The van der Waals surface area contributed by atoms with Crippen LogP contribution in [0.4, 0.5) is 0 Å². The summed E-state index contributed by atoms with van der Waals surface area (Å²) in [6.07, 6.45) is 6.84. The van der Waals surface area contributed by atoms with Gasteiger partial charge in [-0.15, -0.1) is 0 Å². The molecule has 2 atom stereocenters. The molecule has 1 fully saturated rings. The molecule has 1 aliphatic rings. The van der Waals surface area contributed by atoms with Crippen LogP contribution in [0.2, 0.25) is 0 Å². The van der Waals surface area contributed by atoms with Crippen molar-refractivity contribution in [1.29, 1.82) is 0 Å². The summed E-state index contributed by atoms with van der Waals surface area (Å²) in [6.45, 7) is 1.88. The van der Waals surface area contributed by atoms with E-state index in [1.807, 2.05) is 6.92 Å². The van der Waals surface area contributed by atoms with Gasteiger partial charge in [-0.1, -0.05) is 13.0 Å². The van der Waals surface area contributed by atoms with Crippen molar-refractivity contribution in [3.8, 4) is 0 Å². The van der Waals surface area contributed by atoms with Gasteiger partial charge in [-0.25, -0.2) is 4.79 Å². The minimum atomic E-state index is -0.465. The number of aliphatic hydroxyl groups excluding tert-OH is 1. The van der Waals surface area contributed by atoms with Crippen molar-refractivity contribution in [2.75, 3.05) is 6.61 Å². The summed E-state index contributed by atoms with van der Waals surface area (Å²) in [6, 6.07) is 0. The Morgan fingerprint density at radius 3 is 2.95 bits per heavy atom. The van der Waals surface area contributed by atoms with E-state index in [1.54, 1.807) is 0 Å². The zero-order valence-electron chi connectivity index (χ0n) is 10.8. The smallest absolute Gasteiger partial charge is 0.330 e. The number of hydrogen-bond acceptors (Lipinski definition) is 4. The van der Waals surface area contributed by atoms with Crippen molar-refractivity contribution < 1.29 is 9.84 Å². The maximum Gasteiger partial charge on any atom is 0.330 e. The van der Waals surface area contributed by atoms with Crippen LogP contribution in [0.15, 0.2) is 21.9 Å². The maximum atomic E-state index is 11.8. The van der Waals surface area contributed by atoms with Gasteiger partial charge in [0.05, 0.1) is 18.3 Å². The van der Waals surface area contributed by atoms with Gasteiger partial charge < -0.3 is 9.84 Å². The normalized spacial score (nSPS) is 23.3. The zero-order chi connectivity index (χ0) is 13.8. The average molecular weight is 266 g/mol. The second kappa shape index (κ2) is 5.99. The van der Waals surface area contributed by atoms with Crippen molar-refractivity contribution in [2.45, 2.75) is 38.5 Å². The van der Waals surface area contributed by atoms with Crippen molar-refractivity contribution in [1.82, 2.24) is 9.55 Å². The van der Waals surface area contributed by atoms with Gasteiger partial charge in [0.1, 0.15) is 6.23 Å². The van der Waals surface area contributed by atoms with Gasteiger partial charge in [0.2, 0.25) is 0 Å². The van der Waals surface area contributed by atoms with Crippen molar-refractivity contribution in [3.05, 3.63) is 38.7 Å². The Labute approximate surface area is 110 Å². The average Bonchev–Trinajstić information content (AvgIpc) is 2.86. The molecule has 0 saturated carbocycles. The Kier molecular flexibility index (Phi) is 4.34. The van der Waals surface area contributed by atoms with Gasteiger partial charge >= 0.3 is 5.69 Å². The van der Waals surface area contributed by atoms with E-state index in [9.17, 15) is 9.59 Å². The van der Waals surface area contributed by atoms with Crippen LogP contribution < -0.4 is 11.2 Å². The summed E-state index contributed by atoms with van der Waals surface area (Å²) in [7, 11) is 0. The number of aliphatic hydroxyl groups is 1. The summed E-state index contributed by atoms with van der Waals surface area (Å²) in [5, 5.41) is 8.73. The molecule has 2 heterocycles. The molecule has 0 radical (unpaired) electrons. The van der Waals surface area contributed by atoms with E-state index in [0.717, 1.165) is 19.3 Å². The standard InChI is InChI=1S/C13H18N2O4/c1-2-10-5-6-11(19-10)15-8-9(4-3-7-16)12(17)14-13(15)18/h3-4,8,10-11,16H,2,5-7H2,1H3,(H,14,17,18)/b4-3+. The molecule has 2 N–H and O–H groups in total. The third-order valence-corrected chi connectivity index (χ3v) is 3.25. The highest BCUT2D eigenvalue weighted by atomic mass is 16.5. The van der Waals surface area contributed by atoms with E-state index < -0.39 is 11.2 Å². The highest BCUT2D eigenvalue weighted by Crippen LogP contribution is 2.28. The lowest BCUT2D eigenvalue weighted by molar-refractivity contribution is -0.00204. The van der Waals surface area contributed by atoms with Crippen LogP contribution in [0.3, 0.4) is 0 Å². The second-order valence-corrected chi connectivity index (χ2v) is 4.53. The largest absolute Gasteiger partial charge is 0.392 e. The molecule has 6 heteroatoms. The van der Waals surface area contributed by atoms with E-state index in [1.165, 1.54) is 22.9 Å². The first kappa shape index (κ1) is 13.8. The zero-order valence-corrected chi connectivity index (χ0v) is 10.8. The first-order valence-corrected chi connectivity index (χ1v) is 6.44. The number of aromatic amines is 1. The maximum absolute atomic E-state index is 11.8. The number of H-pyrrole nitrogens is 1. The van der Waals surface area contributed by atoms with Crippen LogP contribution in [0, 0.1) is 0 Å². The van der Waals surface area contributed by atoms with Crippen molar-refractivity contribution in [2.24, 2.45) is 0 Å². The summed E-state index contributed by atoms with van der Waals surface area (Å²) >= 11 is 0. The fraction of sp³-hybridized carbons (Fsp3) is 0.538. The number of hydrogen-bond donors (Lipinski definition) is 2. The van der Waals surface area contributed by atoms with Gasteiger partial charge in [-0.05, 0) is 25.3 Å². The molecule has 6 nitrogen and oxygen atoms in total. The van der Waals surface area contributed by atoms with E-state index in [0.29, 0.717) is 5.56 Å². The quantitative estimate of drug-likeness (QED) is 0.837. The van der Waals surface area contributed by atoms with Crippen LogP contribution in [-0.4, -0.2) is 27.4 Å². The van der Waals surface area contributed by atoms with Gasteiger partial charge in [-0.2, -0.15) is 0 Å². The Hall–Kier alpha value is -1.66. The molecule has 19 heavy (non-hydrogen) atoms. The fourth-order valence-corrected chi connectivity index (χ4v) is 2.20. The van der Waals surface area contributed by atoms with Crippen LogP contribution >= 0.6 is 0 Å². The first-order chi connectivity index (χ1) is 9.15. The number of ether oxygens (including phenoxy) is 1. The Morgan fingerprint density at radius 1 is 1.53 bits per heavy atom. The lowest BCUT2D eigenvalue weighted by Gasteiger charge is -2.15. The summed E-state index contributed by atoms with van der Waals surface area (Å²) in [5.41, 5.74) is -0.596. The molecule has 0 aromatic carbocycles. The fourth-order valence-electron chi connectivity index (χ4n) is 2.20. The summed E-state index contributed by atoms with van der Waals surface area (Å²) < 4.78 is 7.16. The molecule has 1 aromatic rings. The molecule has 2 rings (SSSR count). The van der Waals surface area contributed by atoms with Crippen molar-refractivity contribution >= 4 is 6.08 Å². The molecular weight excluding hydrogens is 248 g/mol. The third-order valence-electron chi connectivity index (χ3n) is 3.25. The minimum Gasteiger partial charge on any atom is -0.392 e. The lowest BCUT2D eigenvalue weighted by Crippen LogP contribution is -2.33. The number of aromatic nitrogens is 2. The van der Waals surface area contributed by atoms with Gasteiger partial charge in [0.15, 0.2) is 0 Å². The van der Waals surface area contributed by atoms with E-state index in [4.69, 9.17) is 9.84 Å². The molecule has 2 unspecified atom stereocenters. The minimum absolute atomic E-state index is 0.156. The number of rotatable bonds is 4. The van der Waals surface area contributed by atoms with Crippen LogP contribution in [0.1, 0.15) is 38.0 Å². The lowest BCUT2D eigenvalue weighted by atomic mass is 10.2. The predicted octanol–water partition coefficient (Wildman–Crippen LogP) is 0.630. The molecule has 0 amide bonds. The highest BCUT2D eigenvalue weighted by molar-refractivity contribution is 5.46.